The molecule has 3 nitrogen and oxygen atoms in total. The SMILES string of the molecule is CCCCCCCCCCCCc1cccc(P(=O)([O-])[O-])c1CCCCCCCCCCCC. The number of unbranched alkanes of at least 4 members (excludes halogenated alkanes) is 18. The van der Waals surface area contributed by atoms with Crippen molar-refractivity contribution in [2.45, 2.75) is 155 Å². The highest BCUT2D eigenvalue weighted by atomic mass is 31.2. The van der Waals surface area contributed by atoms with E-state index in [1.165, 1.54) is 115 Å². The van der Waals surface area contributed by atoms with Crippen LogP contribution in [0.1, 0.15) is 153 Å². The second kappa shape index (κ2) is 20.6. The lowest BCUT2D eigenvalue weighted by Crippen LogP contribution is -2.28. The third-order valence-electron chi connectivity index (χ3n) is 7.12. The van der Waals surface area contributed by atoms with Crippen LogP contribution >= 0.6 is 7.60 Å². The maximum absolute atomic E-state index is 11.9. The summed E-state index contributed by atoms with van der Waals surface area (Å²) in [5.74, 6) is 0. The van der Waals surface area contributed by atoms with Crippen LogP contribution in [0, 0.1) is 0 Å². The fourth-order valence-electron chi connectivity index (χ4n) is 4.99. The van der Waals surface area contributed by atoms with Crippen molar-refractivity contribution in [3.8, 4) is 0 Å². The third-order valence-corrected chi connectivity index (χ3v) is 8.13. The van der Waals surface area contributed by atoms with Crippen molar-refractivity contribution in [1.82, 2.24) is 0 Å². The number of hydrogen-bond donors (Lipinski definition) is 0. The van der Waals surface area contributed by atoms with Crippen LogP contribution in [0.3, 0.4) is 0 Å². The predicted octanol–water partition coefficient (Wildman–Crippen LogP) is 8.15. The molecular weight excluding hydrogens is 439 g/mol. The molecule has 1 aromatic carbocycles. The van der Waals surface area contributed by atoms with Gasteiger partial charge in [0.05, 0.1) is 0 Å². The minimum absolute atomic E-state index is 0.0491. The summed E-state index contributed by atoms with van der Waals surface area (Å²) in [5, 5.41) is 0.0491. The molecule has 0 fully saturated rings. The molecule has 0 aliphatic heterocycles. The van der Waals surface area contributed by atoms with Gasteiger partial charge in [0.1, 0.15) is 0 Å². The maximum atomic E-state index is 11.9. The number of hydrogen-bond acceptors (Lipinski definition) is 3. The Labute approximate surface area is 211 Å². The number of aryl methyl sites for hydroxylation is 1. The molecule has 4 heteroatoms. The molecule has 0 spiro atoms. The Morgan fingerprint density at radius 3 is 1.35 bits per heavy atom. The normalized spacial score (nSPS) is 11.9. The second-order valence-corrected chi connectivity index (χ2v) is 11.8. The lowest BCUT2D eigenvalue weighted by Gasteiger charge is -2.33. The Bertz CT molecular complexity index is 652. The number of benzene rings is 1. The van der Waals surface area contributed by atoms with E-state index in [1.54, 1.807) is 6.07 Å². The molecule has 0 N–H and O–H groups in total. The summed E-state index contributed by atoms with van der Waals surface area (Å²) in [5.41, 5.74) is 1.89. The van der Waals surface area contributed by atoms with Gasteiger partial charge in [-0.3, -0.25) is 0 Å². The van der Waals surface area contributed by atoms with Gasteiger partial charge in [-0.05, 0) is 49.7 Å². The molecule has 198 valence electrons. The smallest absolute Gasteiger partial charge is 0.0122 e. The topological polar surface area (TPSA) is 63.2 Å². The zero-order valence-electron chi connectivity index (χ0n) is 22.5. The van der Waals surface area contributed by atoms with E-state index >= 15 is 0 Å². The zero-order chi connectivity index (χ0) is 24.9. The van der Waals surface area contributed by atoms with Gasteiger partial charge >= 0.3 is 0 Å². The first kappa shape index (κ1) is 31.4. The van der Waals surface area contributed by atoms with Gasteiger partial charge in [0, 0.05) is 0 Å². The Morgan fingerprint density at radius 2 is 0.941 bits per heavy atom. The molecule has 34 heavy (non-hydrogen) atoms. The highest BCUT2D eigenvalue weighted by molar-refractivity contribution is 7.57. The van der Waals surface area contributed by atoms with Crippen LogP contribution in [0.15, 0.2) is 18.2 Å². The third kappa shape index (κ3) is 15.4. The van der Waals surface area contributed by atoms with Gasteiger partial charge in [0.2, 0.25) is 0 Å². The largest absolute Gasteiger partial charge is 0.807 e. The van der Waals surface area contributed by atoms with Gasteiger partial charge in [-0.25, -0.2) is 0 Å². The molecule has 0 aromatic heterocycles. The van der Waals surface area contributed by atoms with Crippen molar-refractivity contribution in [2.24, 2.45) is 0 Å². The van der Waals surface area contributed by atoms with Gasteiger partial charge in [-0.1, -0.05) is 148 Å². The van der Waals surface area contributed by atoms with Crippen molar-refractivity contribution in [3.63, 3.8) is 0 Å². The highest BCUT2D eigenvalue weighted by Gasteiger charge is 2.11. The molecule has 0 heterocycles. The van der Waals surface area contributed by atoms with Gasteiger partial charge in [0.15, 0.2) is 0 Å². The lowest BCUT2D eigenvalue weighted by molar-refractivity contribution is -0.308. The van der Waals surface area contributed by atoms with Crippen molar-refractivity contribution < 1.29 is 14.4 Å². The van der Waals surface area contributed by atoms with E-state index in [-0.39, 0.29) is 5.30 Å². The van der Waals surface area contributed by atoms with Crippen molar-refractivity contribution >= 4 is 12.9 Å². The molecule has 0 bridgehead atoms. The molecule has 0 aliphatic rings. The van der Waals surface area contributed by atoms with E-state index in [2.05, 4.69) is 13.8 Å². The summed E-state index contributed by atoms with van der Waals surface area (Å²) in [7, 11) is -4.73. The summed E-state index contributed by atoms with van der Waals surface area (Å²) in [6.45, 7) is 4.50. The highest BCUT2D eigenvalue weighted by Crippen LogP contribution is 2.28. The number of rotatable bonds is 23. The Kier molecular flexibility index (Phi) is 19.0. The molecule has 0 saturated carbocycles. The lowest BCUT2D eigenvalue weighted by atomic mass is 9.96. The van der Waals surface area contributed by atoms with Crippen molar-refractivity contribution in [3.05, 3.63) is 29.3 Å². The van der Waals surface area contributed by atoms with E-state index < -0.39 is 7.60 Å². The average Bonchev–Trinajstić information content (AvgIpc) is 2.81. The van der Waals surface area contributed by atoms with Gasteiger partial charge in [0.25, 0.3) is 0 Å². The van der Waals surface area contributed by atoms with Crippen LogP contribution in [-0.4, -0.2) is 0 Å². The molecule has 0 unspecified atom stereocenters. The standard InChI is InChI=1S/C30H55O3P/c1-3-5-7-9-11-13-15-17-19-21-24-28-25-23-27-30(34(31,32)33)29(28)26-22-20-18-16-14-12-10-8-6-4-2/h23,25,27H,3-22,24,26H2,1-2H3,(H2,31,32,33)/p-2. The fraction of sp³-hybridized carbons (Fsp3) is 0.800. The minimum atomic E-state index is -4.73. The summed E-state index contributed by atoms with van der Waals surface area (Å²) in [6, 6.07) is 5.32. The minimum Gasteiger partial charge on any atom is -0.807 e. The summed E-state index contributed by atoms with van der Waals surface area (Å²) < 4.78 is 11.9. The second-order valence-electron chi connectivity index (χ2n) is 10.3. The van der Waals surface area contributed by atoms with E-state index in [9.17, 15) is 14.4 Å². The quantitative estimate of drug-likeness (QED) is 0.114. The van der Waals surface area contributed by atoms with Crippen LogP contribution in [-0.2, 0) is 17.4 Å². The first-order valence-corrected chi connectivity index (χ1v) is 16.2. The maximum Gasteiger partial charge on any atom is -0.0122 e. The van der Waals surface area contributed by atoms with Crippen molar-refractivity contribution in [2.75, 3.05) is 0 Å². The Balaban J connectivity index is 2.37. The van der Waals surface area contributed by atoms with E-state index in [4.69, 9.17) is 0 Å². The first-order valence-electron chi connectivity index (χ1n) is 14.6. The predicted molar refractivity (Wildman–Crippen MR) is 145 cm³/mol. The van der Waals surface area contributed by atoms with E-state index in [1.807, 2.05) is 6.07 Å². The fourth-order valence-corrected chi connectivity index (χ4v) is 5.85. The van der Waals surface area contributed by atoms with Gasteiger partial charge in [-0.15, -0.1) is 0 Å². The Hall–Kier alpha value is -0.630. The molecule has 0 aliphatic carbocycles. The summed E-state index contributed by atoms with van der Waals surface area (Å²) in [4.78, 5) is 23.8. The van der Waals surface area contributed by atoms with Crippen LogP contribution in [0.25, 0.3) is 0 Å². The summed E-state index contributed by atoms with van der Waals surface area (Å²) in [6.07, 6.45) is 27.1. The first-order chi connectivity index (χ1) is 16.5. The molecule has 0 saturated heterocycles. The zero-order valence-corrected chi connectivity index (χ0v) is 23.4. The van der Waals surface area contributed by atoms with E-state index in [0.29, 0.717) is 6.42 Å². The van der Waals surface area contributed by atoms with Crippen LogP contribution in [0.4, 0.5) is 0 Å². The van der Waals surface area contributed by atoms with Crippen LogP contribution in [0.5, 0.6) is 0 Å². The summed E-state index contributed by atoms with van der Waals surface area (Å²) >= 11 is 0. The molecule has 0 amide bonds. The molecule has 1 aromatic rings. The van der Waals surface area contributed by atoms with Gasteiger partial charge < -0.3 is 14.4 Å². The monoisotopic (exact) mass is 492 g/mol. The molecule has 1 rings (SSSR count). The molecule has 0 radical (unpaired) electrons. The molecule has 0 atom stereocenters. The average molecular weight is 493 g/mol. The van der Waals surface area contributed by atoms with Crippen molar-refractivity contribution in [1.29, 1.82) is 0 Å². The van der Waals surface area contributed by atoms with Crippen LogP contribution < -0.4 is 15.1 Å². The Morgan fingerprint density at radius 1 is 0.559 bits per heavy atom. The van der Waals surface area contributed by atoms with Gasteiger partial charge in [-0.2, -0.15) is 0 Å². The van der Waals surface area contributed by atoms with Crippen LogP contribution in [0.2, 0.25) is 0 Å². The molecular formula is C30H53O3P-2. The van der Waals surface area contributed by atoms with E-state index in [0.717, 1.165) is 36.8 Å².